The van der Waals surface area contributed by atoms with Crippen molar-refractivity contribution in [1.82, 2.24) is 10.7 Å². The van der Waals surface area contributed by atoms with Crippen molar-refractivity contribution < 1.29 is 9.59 Å². The van der Waals surface area contributed by atoms with Crippen LogP contribution in [0.15, 0.2) is 60.7 Å². The van der Waals surface area contributed by atoms with E-state index in [1.54, 1.807) is 0 Å². The van der Waals surface area contributed by atoms with Crippen LogP contribution in [-0.4, -0.2) is 17.9 Å². The van der Waals surface area contributed by atoms with Crippen molar-refractivity contribution in [2.24, 2.45) is 11.8 Å². The van der Waals surface area contributed by atoms with Crippen LogP contribution in [0.5, 0.6) is 0 Å². The Morgan fingerprint density at radius 2 is 1.40 bits per heavy atom. The molecule has 2 amide bonds. The normalized spacial score (nSPS) is 13.1. The third-order valence-corrected chi connectivity index (χ3v) is 4.46. The van der Waals surface area contributed by atoms with E-state index in [9.17, 15) is 9.59 Å². The van der Waals surface area contributed by atoms with Gasteiger partial charge in [0.05, 0.1) is 5.92 Å². The highest BCUT2D eigenvalue weighted by atomic mass is 16.2. The second kappa shape index (κ2) is 8.99. The maximum atomic E-state index is 13.1. The molecular formula is C20H25N3O2. The quantitative estimate of drug-likeness (QED) is 0.411. The van der Waals surface area contributed by atoms with Gasteiger partial charge in [-0.2, -0.15) is 0 Å². The van der Waals surface area contributed by atoms with Gasteiger partial charge in [-0.05, 0) is 17.0 Å². The number of hydrogen-bond acceptors (Lipinski definition) is 3. The summed E-state index contributed by atoms with van der Waals surface area (Å²) >= 11 is 0. The lowest BCUT2D eigenvalue weighted by molar-refractivity contribution is -0.130. The van der Waals surface area contributed by atoms with Crippen LogP contribution in [0.1, 0.15) is 37.3 Å². The fourth-order valence-electron chi connectivity index (χ4n) is 2.81. The van der Waals surface area contributed by atoms with Crippen LogP contribution in [0, 0.1) is 5.92 Å². The van der Waals surface area contributed by atoms with Crippen LogP contribution in [0.2, 0.25) is 0 Å². The Labute approximate surface area is 148 Å². The van der Waals surface area contributed by atoms with Crippen molar-refractivity contribution in [3.63, 3.8) is 0 Å². The summed E-state index contributed by atoms with van der Waals surface area (Å²) in [7, 11) is 0. The molecule has 132 valence electrons. The number of rotatable bonds is 7. The minimum atomic E-state index is -0.669. The molecule has 2 aromatic carbocycles. The second-order valence-electron chi connectivity index (χ2n) is 6.13. The predicted molar refractivity (Wildman–Crippen MR) is 98.4 cm³/mol. The van der Waals surface area contributed by atoms with Gasteiger partial charge in [0.2, 0.25) is 5.91 Å². The maximum absolute atomic E-state index is 13.1. The van der Waals surface area contributed by atoms with E-state index in [1.165, 1.54) is 0 Å². The molecule has 4 N–H and O–H groups in total. The fraction of sp³-hybridized carbons (Fsp3) is 0.300. The zero-order valence-corrected chi connectivity index (χ0v) is 14.6. The van der Waals surface area contributed by atoms with E-state index in [-0.39, 0.29) is 17.7 Å². The van der Waals surface area contributed by atoms with Gasteiger partial charge in [0.15, 0.2) is 0 Å². The van der Waals surface area contributed by atoms with E-state index < -0.39 is 12.0 Å². The van der Waals surface area contributed by atoms with Crippen molar-refractivity contribution in [3.8, 4) is 0 Å². The first kappa shape index (κ1) is 18.7. The van der Waals surface area contributed by atoms with Crippen LogP contribution >= 0.6 is 0 Å². The van der Waals surface area contributed by atoms with Gasteiger partial charge in [-0.3, -0.25) is 15.0 Å². The lowest BCUT2D eigenvalue weighted by Crippen LogP contribution is -2.53. The van der Waals surface area contributed by atoms with Crippen LogP contribution in [-0.2, 0) is 9.59 Å². The number of hydrazine groups is 1. The maximum Gasteiger partial charge on any atom is 0.256 e. The molecule has 0 bridgehead atoms. The van der Waals surface area contributed by atoms with E-state index in [1.807, 2.05) is 74.5 Å². The molecule has 2 unspecified atom stereocenters. The monoisotopic (exact) mass is 339 g/mol. The highest BCUT2D eigenvalue weighted by Crippen LogP contribution is 2.25. The predicted octanol–water partition coefficient (Wildman–Crippen LogP) is 2.34. The number of amides is 2. The molecule has 5 nitrogen and oxygen atoms in total. The average Bonchev–Trinajstić information content (AvgIpc) is 2.66. The van der Waals surface area contributed by atoms with Gasteiger partial charge in [0.1, 0.15) is 6.04 Å². The van der Waals surface area contributed by atoms with Crippen molar-refractivity contribution in [2.75, 3.05) is 0 Å². The molecule has 0 radical (unpaired) electrons. The van der Waals surface area contributed by atoms with Gasteiger partial charge in [-0.15, -0.1) is 0 Å². The van der Waals surface area contributed by atoms with Crippen LogP contribution in [0.3, 0.4) is 0 Å². The summed E-state index contributed by atoms with van der Waals surface area (Å²) in [5, 5.41) is 2.88. The molecule has 0 saturated heterocycles. The Bertz CT molecular complexity index is 649. The SMILES string of the molecule is CCC(C)C(NC(=O)C(c1ccccc1)c1ccccc1)C(=O)NN. The largest absolute Gasteiger partial charge is 0.343 e. The molecule has 0 fully saturated rings. The summed E-state index contributed by atoms with van der Waals surface area (Å²) in [6.45, 7) is 3.89. The lowest BCUT2D eigenvalue weighted by Gasteiger charge is -2.26. The minimum Gasteiger partial charge on any atom is -0.343 e. The first-order valence-corrected chi connectivity index (χ1v) is 8.49. The average molecular weight is 339 g/mol. The molecule has 2 aromatic rings. The van der Waals surface area contributed by atoms with Gasteiger partial charge in [-0.25, -0.2) is 5.84 Å². The van der Waals surface area contributed by atoms with E-state index in [2.05, 4.69) is 10.7 Å². The number of nitrogens with two attached hydrogens (primary N) is 1. The molecule has 0 aliphatic rings. The molecule has 2 rings (SSSR count). The Hall–Kier alpha value is -2.66. The number of carbonyl (C=O) groups is 2. The smallest absolute Gasteiger partial charge is 0.256 e. The summed E-state index contributed by atoms with van der Waals surface area (Å²) in [5.41, 5.74) is 3.90. The fourth-order valence-corrected chi connectivity index (χ4v) is 2.81. The Balaban J connectivity index is 2.34. The van der Waals surface area contributed by atoms with Crippen LogP contribution < -0.4 is 16.6 Å². The summed E-state index contributed by atoms with van der Waals surface area (Å²) in [5.74, 6) is 4.17. The van der Waals surface area contributed by atoms with Crippen LogP contribution in [0.25, 0.3) is 0 Å². The molecule has 0 heterocycles. The third kappa shape index (κ3) is 4.67. The van der Waals surface area contributed by atoms with Crippen molar-refractivity contribution >= 4 is 11.8 Å². The van der Waals surface area contributed by atoms with Crippen molar-refractivity contribution in [1.29, 1.82) is 0 Å². The third-order valence-electron chi connectivity index (χ3n) is 4.46. The Morgan fingerprint density at radius 3 is 1.80 bits per heavy atom. The molecule has 2 atom stereocenters. The van der Waals surface area contributed by atoms with Gasteiger partial charge >= 0.3 is 0 Å². The zero-order chi connectivity index (χ0) is 18.2. The van der Waals surface area contributed by atoms with Crippen molar-refractivity contribution in [3.05, 3.63) is 71.8 Å². The summed E-state index contributed by atoms with van der Waals surface area (Å²) < 4.78 is 0. The first-order valence-electron chi connectivity index (χ1n) is 8.49. The van der Waals surface area contributed by atoms with E-state index in [0.717, 1.165) is 17.5 Å². The van der Waals surface area contributed by atoms with Gasteiger partial charge in [0, 0.05) is 0 Å². The molecule has 5 heteroatoms. The van der Waals surface area contributed by atoms with Crippen molar-refractivity contribution in [2.45, 2.75) is 32.2 Å². The first-order chi connectivity index (χ1) is 12.1. The van der Waals surface area contributed by atoms with Gasteiger partial charge in [-0.1, -0.05) is 80.9 Å². The Morgan fingerprint density at radius 1 is 0.920 bits per heavy atom. The van der Waals surface area contributed by atoms with Gasteiger partial charge < -0.3 is 5.32 Å². The second-order valence-corrected chi connectivity index (χ2v) is 6.13. The zero-order valence-electron chi connectivity index (χ0n) is 14.6. The van der Waals surface area contributed by atoms with E-state index >= 15 is 0 Å². The number of hydrogen-bond donors (Lipinski definition) is 3. The van der Waals surface area contributed by atoms with E-state index in [0.29, 0.717) is 0 Å². The molecule has 25 heavy (non-hydrogen) atoms. The van der Waals surface area contributed by atoms with Gasteiger partial charge in [0.25, 0.3) is 5.91 Å². The topological polar surface area (TPSA) is 84.2 Å². The lowest BCUT2D eigenvalue weighted by atomic mass is 9.89. The van der Waals surface area contributed by atoms with Crippen LogP contribution in [0.4, 0.5) is 0 Å². The molecule has 0 spiro atoms. The number of nitrogens with one attached hydrogen (secondary N) is 2. The summed E-state index contributed by atoms with van der Waals surface area (Å²) in [6, 6.07) is 18.4. The minimum absolute atomic E-state index is 0.0281. The molecule has 0 saturated carbocycles. The highest BCUT2D eigenvalue weighted by Gasteiger charge is 2.30. The molecule has 0 aliphatic carbocycles. The molecule has 0 aromatic heterocycles. The molecule has 0 aliphatic heterocycles. The standard InChI is InChI=1S/C20H25N3O2/c1-3-14(2)18(20(25)23-21)22-19(24)17(15-10-6-4-7-11-15)16-12-8-5-9-13-16/h4-14,17-18H,3,21H2,1-2H3,(H,22,24)(H,23,25). The van der Waals surface area contributed by atoms with E-state index in [4.69, 9.17) is 5.84 Å². The summed E-state index contributed by atoms with van der Waals surface area (Å²) in [4.78, 5) is 25.2. The Kier molecular flexibility index (Phi) is 6.71. The summed E-state index contributed by atoms with van der Waals surface area (Å²) in [6.07, 6.45) is 0.750. The number of benzene rings is 2. The highest BCUT2D eigenvalue weighted by molar-refractivity contribution is 5.92. The molecular weight excluding hydrogens is 314 g/mol. The number of carbonyl (C=O) groups excluding carboxylic acids is 2.